The number of aromatic nitrogens is 4. The second-order valence-corrected chi connectivity index (χ2v) is 7.56. The van der Waals surface area contributed by atoms with Crippen molar-refractivity contribution in [2.24, 2.45) is 5.41 Å². The van der Waals surface area contributed by atoms with Crippen LogP contribution in [0.15, 0.2) is 12.7 Å². The molecule has 1 atom stereocenters. The summed E-state index contributed by atoms with van der Waals surface area (Å²) in [5.41, 5.74) is 6.22. The van der Waals surface area contributed by atoms with Crippen molar-refractivity contribution in [3.05, 3.63) is 12.7 Å². The van der Waals surface area contributed by atoms with E-state index in [0.29, 0.717) is 23.5 Å². The highest BCUT2D eigenvalue weighted by Gasteiger charge is 2.23. The lowest BCUT2D eigenvalue weighted by atomic mass is 9.98. The van der Waals surface area contributed by atoms with Gasteiger partial charge < -0.3 is 19.8 Å². The largest absolute Gasteiger partial charge is 0.438 e. The lowest BCUT2D eigenvalue weighted by Gasteiger charge is -2.16. The van der Waals surface area contributed by atoms with Gasteiger partial charge in [-0.25, -0.2) is 15.0 Å². The van der Waals surface area contributed by atoms with E-state index in [1.807, 2.05) is 0 Å². The Labute approximate surface area is 145 Å². The first-order valence-electron chi connectivity index (χ1n) is 7.61. The summed E-state index contributed by atoms with van der Waals surface area (Å²) < 4.78 is 28.6. The first kappa shape index (κ1) is 19.3. The number of nitrogen functional groups attached to an aromatic ring is 1. The van der Waals surface area contributed by atoms with Gasteiger partial charge in [-0.2, -0.15) is 0 Å². The van der Waals surface area contributed by atoms with Gasteiger partial charge in [0.15, 0.2) is 18.3 Å². The molecule has 2 heterocycles. The van der Waals surface area contributed by atoms with Crippen molar-refractivity contribution in [1.29, 1.82) is 0 Å². The number of carbonyl (C=O) groups is 1. The van der Waals surface area contributed by atoms with E-state index in [4.69, 9.17) is 19.7 Å². The molecule has 0 amide bonds. The molecule has 2 rings (SSSR count). The molecule has 0 aliphatic rings. The number of nitrogens with zero attached hydrogens (tertiary/aromatic N) is 4. The molecule has 0 saturated carbocycles. The predicted molar refractivity (Wildman–Crippen MR) is 91.1 cm³/mol. The van der Waals surface area contributed by atoms with Crippen LogP contribution < -0.4 is 5.73 Å². The Hall–Kier alpha value is -2.03. The summed E-state index contributed by atoms with van der Waals surface area (Å²) in [6, 6.07) is 0. The van der Waals surface area contributed by atoms with E-state index in [-0.39, 0.29) is 19.7 Å². The van der Waals surface area contributed by atoms with Crippen LogP contribution in [0.25, 0.3) is 11.2 Å². The Morgan fingerprint density at radius 1 is 1.32 bits per heavy atom. The molecular weight excluding hydrogens is 349 g/mol. The van der Waals surface area contributed by atoms with Gasteiger partial charge in [0.05, 0.1) is 18.3 Å². The van der Waals surface area contributed by atoms with Gasteiger partial charge in [0, 0.05) is 6.54 Å². The number of fused-ring (bicyclic) bond motifs is 1. The SMILES string of the molecule is CC(C)(C)C(=O)OCO[PH](=O)COCCn1cnc2c(N)ncnc21. The number of imidazole rings is 1. The van der Waals surface area contributed by atoms with E-state index in [2.05, 4.69) is 15.0 Å². The number of rotatable bonds is 8. The highest BCUT2D eigenvalue weighted by Crippen LogP contribution is 2.23. The van der Waals surface area contributed by atoms with Crippen molar-refractivity contribution >= 4 is 31.0 Å². The first-order valence-corrected chi connectivity index (χ1v) is 9.13. The van der Waals surface area contributed by atoms with Gasteiger partial charge in [0.2, 0.25) is 8.03 Å². The molecule has 138 valence electrons. The molecule has 0 aromatic carbocycles. The van der Waals surface area contributed by atoms with E-state index in [1.165, 1.54) is 6.33 Å². The van der Waals surface area contributed by atoms with Crippen molar-refractivity contribution in [2.45, 2.75) is 27.3 Å². The zero-order valence-corrected chi connectivity index (χ0v) is 15.4. The Morgan fingerprint density at radius 3 is 2.80 bits per heavy atom. The summed E-state index contributed by atoms with van der Waals surface area (Å²) >= 11 is 0. The topological polar surface area (TPSA) is 131 Å². The minimum Gasteiger partial charge on any atom is -0.438 e. The summed E-state index contributed by atoms with van der Waals surface area (Å²) in [5.74, 6) is -0.107. The molecule has 1 unspecified atom stereocenters. The van der Waals surface area contributed by atoms with Gasteiger partial charge in [0.25, 0.3) is 0 Å². The lowest BCUT2D eigenvalue weighted by molar-refractivity contribution is -0.159. The molecule has 0 saturated heterocycles. The van der Waals surface area contributed by atoms with Gasteiger partial charge in [-0.05, 0) is 20.8 Å². The van der Waals surface area contributed by atoms with Gasteiger partial charge in [0.1, 0.15) is 18.2 Å². The molecule has 0 bridgehead atoms. The molecule has 0 aliphatic carbocycles. The van der Waals surface area contributed by atoms with Crippen molar-refractivity contribution in [1.82, 2.24) is 19.5 Å². The summed E-state index contributed by atoms with van der Waals surface area (Å²) in [6.07, 6.45) is 2.88. The molecule has 10 nitrogen and oxygen atoms in total. The molecule has 0 fully saturated rings. The van der Waals surface area contributed by atoms with Crippen LogP contribution in [0.2, 0.25) is 0 Å². The Kier molecular flexibility index (Phi) is 6.46. The minimum atomic E-state index is -2.44. The number of hydrogen-bond acceptors (Lipinski definition) is 9. The maximum absolute atomic E-state index is 11.7. The van der Waals surface area contributed by atoms with Crippen LogP contribution in [0.3, 0.4) is 0 Å². The molecule has 0 spiro atoms. The van der Waals surface area contributed by atoms with Crippen LogP contribution in [0, 0.1) is 5.41 Å². The molecular formula is C14H22N5O5P. The zero-order chi connectivity index (χ0) is 18.4. The monoisotopic (exact) mass is 371 g/mol. The lowest BCUT2D eigenvalue weighted by Crippen LogP contribution is -2.23. The van der Waals surface area contributed by atoms with Crippen molar-refractivity contribution in [3.63, 3.8) is 0 Å². The second-order valence-electron chi connectivity index (χ2n) is 6.24. The Morgan fingerprint density at radius 2 is 2.08 bits per heavy atom. The number of hydrogen-bond donors (Lipinski definition) is 1. The fourth-order valence-corrected chi connectivity index (χ4v) is 2.37. The van der Waals surface area contributed by atoms with Crippen LogP contribution in [0.4, 0.5) is 5.82 Å². The quantitative estimate of drug-likeness (QED) is 0.317. The molecule has 0 aliphatic heterocycles. The third-order valence-corrected chi connectivity index (χ3v) is 4.03. The van der Waals surface area contributed by atoms with E-state index in [0.717, 1.165) is 0 Å². The van der Waals surface area contributed by atoms with E-state index < -0.39 is 19.4 Å². The Bertz CT molecular complexity index is 758. The van der Waals surface area contributed by atoms with Crippen LogP contribution in [-0.2, 0) is 29.9 Å². The normalized spacial score (nSPS) is 13.1. The average Bonchev–Trinajstić information content (AvgIpc) is 2.95. The smallest absolute Gasteiger partial charge is 0.313 e. The van der Waals surface area contributed by atoms with E-state index in [1.54, 1.807) is 31.7 Å². The highest BCUT2D eigenvalue weighted by molar-refractivity contribution is 7.38. The van der Waals surface area contributed by atoms with Crippen molar-refractivity contribution in [2.75, 3.05) is 25.5 Å². The van der Waals surface area contributed by atoms with Gasteiger partial charge in [-0.15, -0.1) is 0 Å². The molecule has 25 heavy (non-hydrogen) atoms. The van der Waals surface area contributed by atoms with E-state index >= 15 is 0 Å². The van der Waals surface area contributed by atoms with Gasteiger partial charge in [-0.3, -0.25) is 13.9 Å². The number of carbonyl (C=O) groups excluding carboxylic acids is 1. The highest BCUT2D eigenvalue weighted by atomic mass is 31.1. The standard InChI is InChI=1S/C14H22N5O5P/c1-14(2,3)13(20)23-8-24-25(21)9-22-5-4-19-7-18-10-11(15)16-6-17-12(10)19/h6-7,25H,4-5,8-9H2,1-3H3,(H2,15,16,17). The van der Waals surface area contributed by atoms with Crippen LogP contribution in [0.1, 0.15) is 20.8 Å². The summed E-state index contributed by atoms with van der Waals surface area (Å²) in [6.45, 7) is 5.57. The fourth-order valence-electron chi connectivity index (χ4n) is 1.79. The fraction of sp³-hybridized carbons (Fsp3) is 0.571. The number of ether oxygens (including phenoxy) is 2. The summed E-state index contributed by atoms with van der Waals surface area (Å²) in [4.78, 5) is 23.6. The van der Waals surface area contributed by atoms with Gasteiger partial charge >= 0.3 is 5.97 Å². The van der Waals surface area contributed by atoms with Gasteiger partial charge in [-0.1, -0.05) is 0 Å². The predicted octanol–water partition coefficient (Wildman–Crippen LogP) is 1.42. The van der Waals surface area contributed by atoms with E-state index in [9.17, 15) is 9.36 Å². The second kappa shape index (κ2) is 8.37. The third kappa shape index (κ3) is 5.48. The zero-order valence-electron chi connectivity index (χ0n) is 14.4. The first-order chi connectivity index (χ1) is 11.8. The Balaban J connectivity index is 1.68. The molecule has 0 radical (unpaired) electrons. The number of nitrogens with two attached hydrogens (primary N) is 1. The molecule has 11 heteroatoms. The minimum absolute atomic E-state index is 0.0680. The van der Waals surface area contributed by atoms with Crippen LogP contribution in [0.5, 0.6) is 0 Å². The maximum atomic E-state index is 11.7. The molecule has 2 aromatic rings. The van der Waals surface area contributed by atoms with Crippen molar-refractivity contribution in [3.8, 4) is 0 Å². The molecule has 2 aromatic heterocycles. The number of esters is 1. The average molecular weight is 371 g/mol. The summed E-state index contributed by atoms with van der Waals surface area (Å²) in [7, 11) is -2.44. The van der Waals surface area contributed by atoms with Crippen LogP contribution >= 0.6 is 8.03 Å². The van der Waals surface area contributed by atoms with Crippen LogP contribution in [-0.4, -0.2) is 45.2 Å². The number of anilines is 1. The van der Waals surface area contributed by atoms with Crippen molar-refractivity contribution < 1.29 is 23.4 Å². The molecule has 2 N–H and O–H groups in total. The maximum Gasteiger partial charge on any atom is 0.313 e. The third-order valence-electron chi connectivity index (χ3n) is 3.15. The summed E-state index contributed by atoms with van der Waals surface area (Å²) in [5, 5.41) is 0.